The van der Waals surface area contributed by atoms with Gasteiger partial charge in [-0.15, -0.1) is 13.2 Å². The van der Waals surface area contributed by atoms with Crippen LogP contribution in [0.1, 0.15) is 5.69 Å². The highest BCUT2D eigenvalue weighted by molar-refractivity contribution is 5.19. The molecule has 0 atom stereocenters. The summed E-state index contributed by atoms with van der Waals surface area (Å²) in [6, 6.07) is 3.38. The Bertz CT molecular complexity index is 371. The van der Waals surface area contributed by atoms with Crippen LogP contribution < -0.4 is 10.1 Å². The van der Waals surface area contributed by atoms with Gasteiger partial charge in [-0.1, -0.05) is 0 Å². The van der Waals surface area contributed by atoms with Crippen LogP contribution in [0, 0.1) is 0 Å². The maximum Gasteiger partial charge on any atom is 0.522 e. The first-order valence-corrected chi connectivity index (χ1v) is 5.99. The van der Waals surface area contributed by atoms with E-state index in [9.17, 15) is 13.2 Å². The van der Waals surface area contributed by atoms with Gasteiger partial charge in [-0.3, -0.25) is 9.72 Å². The highest BCUT2D eigenvalue weighted by Crippen LogP contribution is 2.16. The van der Waals surface area contributed by atoms with Gasteiger partial charge >= 0.3 is 6.36 Å². The molecule has 0 unspecified atom stereocenters. The molecule has 0 aliphatic heterocycles. The molecule has 8 heteroatoms. The maximum atomic E-state index is 11.7. The van der Waals surface area contributed by atoms with E-state index in [0.29, 0.717) is 25.4 Å². The summed E-state index contributed by atoms with van der Waals surface area (Å²) >= 11 is 0. The van der Waals surface area contributed by atoms with Gasteiger partial charge in [0.15, 0.2) is 0 Å². The van der Waals surface area contributed by atoms with Crippen molar-refractivity contribution in [3.05, 3.63) is 24.0 Å². The molecule has 5 nitrogen and oxygen atoms in total. The summed E-state index contributed by atoms with van der Waals surface area (Å²) in [5.41, 5.74) is 0.806. The lowest BCUT2D eigenvalue weighted by molar-refractivity contribution is -0.325. The Morgan fingerprint density at radius 3 is 2.60 bits per heavy atom. The third kappa shape index (κ3) is 7.93. The van der Waals surface area contributed by atoms with Gasteiger partial charge in [0.1, 0.15) is 12.4 Å². The van der Waals surface area contributed by atoms with Crippen LogP contribution in [0.3, 0.4) is 0 Å². The normalized spacial score (nSPS) is 11.6. The lowest BCUT2D eigenvalue weighted by atomic mass is 10.3. The molecule has 114 valence electrons. The quantitative estimate of drug-likeness (QED) is 0.703. The summed E-state index contributed by atoms with van der Waals surface area (Å²) in [7, 11) is 1.62. The molecule has 1 aromatic heterocycles. The number of nitrogens with zero attached hydrogens (tertiary/aromatic N) is 1. The molecule has 1 rings (SSSR count). The fourth-order valence-electron chi connectivity index (χ4n) is 1.31. The Balaban J connectivity index is 2.21. The summed E-state index contributed by atoms with van der Waals surface area (Å²) in [6.07, 6.45) is -3.17. The zero-order chi connectivity index (χ0) is 14.8. The molecule has 0 aromatic carbocycles. The molecular formula is C12H17F3N2O3. The third-order valence-electron chi connectivity index (χ3n) is 2.20. The molecule has 0 aliphatic rings. The van der Waals surface area contributed by atoms with E-state index in [4.69, 9.17) is 9.47 Å². The Morgan fingerprint density at radius 1 is 1.20 bits per heavy atom. The Hall–Kier alpha value is -1.38. The van der Waals surface area contributed by atoms with Gasteiger partial charge in [-0.25, -0.2) is 0 Å². The molecule has 1 N–H and O–H groups in total. The molecule has 0 radical (unpaired) electrons. The smallest absolute Gasteiger partial charge is 0.490 e. The number of rotatable bonds is 9. The average molecular weight is 294 g/mol. The van der Waals surface area contributed by atoms with Gasteiger partial charge < -0.3 is 14.8 Å². The number of pyridine rings is 1. The van der Waals surface area contributed by atoms with Crippen molar-refractivity contribution < 1.29 is 27.4 Å². The highest BCUT2D eigenvalue weighted by Gasteiger charge is 2.28. The molecule has 0 fully saturated rings. The lowest BCUT2D eigenvalue weighted by Gasteiger charge is -2.09. The van der Waals surface area contributed by atoms with Gasteiger partial charge in [0, 0.05) is 20.2 Å². The van der Waals surface area contributed by atoms with Crippen LogP contribution in [0.2, 0.25) is 0 Å². The summed E-state index contributed by atoms with van der Waals surface area (Å²) in [5, 5.41) is 3.12. The summed E-state index contributed by atoms with van der Waals surface area (Å²) in [5.74, 6) is 0.399. The average Bonchev–Trinajstić information content (AvgIpc) is 2.40. The molecule has 0 saturated carbocycles. The molecule has 0 bridgehead atoms. The van der Waals surface area contributed by atoms with Gasteiger partial charge in [0.2, 0.25) is 0 Å². The van der Waals surface area contributed by atoms with Crippen molar-refractivity contribution >= 4 is 0 Å². The van der Waals surface area contributed by atoms with Crippen LogP contribution in [0.25, 0.3) is 0 Å². The van der Waals surface area contributed by atoms with Crippen LogP contribution in [-0.4, -0.2) is 44.8 Å². The fourth-order valence-corrected chi connectivity index (χ4v) is 1.31. The molecule has 20 heavy (non-hydrogen) atoms. The minimum Gasteiger partial charge on any atom is -0.490 e. The molecule has 1 aromatic rings. The predicted octanol–water partition coefficient (Wildman–Crippen LogP) is 1.73. The second kappa shape index (κ2) is 8.72. The zero-order valence-electron chi connectivity index (χ0n) is 11.1. The van der Waals surface area contributed by atoms with Crippen LogP contribution in [0.5, 0.6) is 5.75 Å². The molecule has 0 saturated heterocycles. The van der Waals surface area contributed by atoms with Crippen LogP contribution in [0.15, 0.2) is 18.3 Å². The number of nitrogens with one attached hydrogen (secondary N) is 1. The summed E-state index contributed by atoms with van der Waals surface area (Å²) < 4.78 is 48.6. The molecular weight excluding hydrogens is 277 g/mol. The Morgan fingerprint density at radius 2 is 2.00 bits per heavy atom. The number of halogens is 3. The van der Waals surface area contributed by atoms with Crippen molar-refractivity contribution in [3.8, 4) is 5.75 Å². The molecule has 1 heterocycles. The number of hydrogen-bond acceptors (Lipinski definition) is 5. The van der Waals surface area contributed by atoms with E-state index < -0.39 is 13.0 Å². The molecule has 0 aliphatic carbocycles. The minimum absolute atomic E-state index is 0.188. The number of alkyl halides is 3. The van der Waals surface area contributed by atoms with Crippen molar-refractivity contribution in [2.24, 2.45) is 0 Å². The first-order chi connectivity index (χ1) is 9.51. The predicted molar refractivity (Wildman–Crippen MR) is 65.3 cm³/mol. The van der Waals surface area contributed by atoms with Crippen LogP contribution in [0.4, 0.5) is 13.2 Å². The van der Waals surface area contributed by atoms with E-state index in [0.717, 1.165) is 5.69 Å². The first kappa shape index (κ1) is 16.7. The van der Waals surface area contributed by atoms with Gasteiger partial charge in [-0.2, -0.15) is 0 Å². The lowest BCUT2D eigenvalue weighted by Crippen LogP contribution is -2.19. The van der Waals surface area contributed by atoms with E-state index in [-0.39, 0.29) is 6.61 Å². The first-order valence-electron chi connectivity index (χ1n) is 5.99. The number of ether oxygens (including phenoxy) is 3. The second-order valence-corrected chi connectivity index (χ2v) is 3.80. The van der Waals surface area contributed by atoms with E-state index in [1.54, 1.807) is 19.2 Å². The van der Waals surface area contributed by atoms with Crippen LogP contribution >= 0.6 is 0 Å². The van der Waals surface area contributed by atoms with E-state index in [1.165, 1.54) is 6.20 Å². The standard InChI is InChI=1S/C12H17F3N2O3/c1-18-5-4-16-8-10-2-3-11(9-17-10)19-6-7-20-12(13,14)15/h2-3,9,16H,4-8H2,1H3. The van der Waals surface area contributed by atoms with Crippen molar-refractivity contribution in [1.29, 1.82) is 0 Å². The minimum atomic E-state index is -4.63. The van der Waals surface area contributed by atoms with E-state index in [2.05, 4.69) is 15.0 Å². The van der Waals surface area contributed by atoms with E-state index in [1.807, 2.05) is 0 Å². The van der Waals surface area contributed by atoms with Crippen molar-refractivity contribution in [2.45, 2.75) is 12.9 Å². The SMILES string of the molecule is COCCNCc1ccc(OCCOC(F)(F)F)cn1. The number of aromatic nitrogens is 1. The highest BCUT2D eigenvalue weighted by atomic mass is 19.4. The summed E-state index contributed by atoms with van der Waals surface area (Å²) in [6.45, 7) is 1.17. The number of methoxy groups -OCH3 is 1. The van der Waals surface area contributed by atoms with Gasteiger partial charge in [-0.05, 0) is 12.1 Å². The van der Waals surface area contributed by atoms with Crippen molar-refractivity contribution in [2.75, 3.05) is 33.5 Å². The van der Waals surface area contributed by atoms with Crippen LogP contribution in [-0.2, 0) is 16.0 Å². The third-order valence-corrected chi connectivity index (χ3v) is 2.20. The number of hydrogen-bond donors (Lipinski definition) is 1. The van der Waals surface area contributed by atoms with Gasteiger partial charge in [0.25, 0.3) is 0 Å². The second-order valence-electron chi connectivity index (χ2n) is 3.80. The molecule has 0 amide bonds. The largest absolute Gasteiger partial charge is 0.522 e. The Labute approximate surface area is 115 Å². The topological polar surface area (TPSA) is 52.6 Å². The fraction of sp³-hybridized carbons (Fsp3) is 0.583. The van der Waals surface area contributed by atoms with Gasteiger partial charge in [0.05, 0.1) is 25.1 Å². The monoisotopic (exact) mass is 294 g/mol. The van der Waals surface area contributed by atoms with Crippen molar-refractivity contribution in [3.63, 3.8) is 0 Å². The zero-order valence-corrected chi connectivity index (χ0v) is 11.1. The summed E-state index contributed by atoms with van der Waals surface area (Å²) in [4.78, 5) is 4.11. The van der Waals surface area contributed by atoms with Crippen molar-refractivity contribution in [1.82, 2.24) is 10.3 Å². The maximum absolute atomic E-state index is 11.7. The Kier molecular flexibility index (Phi) is 7.27. The molecule has 0 spiro atoms. The van der Waals surface area contributed by atoms with E-state index >= 15 is 0 Å².